The Balaban J connectivity index is 1.51. The van der Waals surface area contributed by atoms with Crippen LogP contribution in [0.2, 0.25) is 0 Å². The molecular formula is C28H30N2O3. The third-order valence-electron chi connectivity index (χ3n) is 6.06. The first kappa shape index (κ1) is 22.6. The Morgan fingerprint density at radius 2 is 1.79 bits per heavy atom. The minimum atomic E-state index is -0.172. The lowest BCUT2D eigenvalue weighted by atomic mass is 9.87. The predicted molar refractivity (Wildman–Crippen MR) is 129 cm³/mol. The molecule has 0 bridgehead atoms. The Bertz CT molecular complexity index is 1110. The minimum Gasteiger partial charge on any atom is -0.484 e. The van der Waals surface area contributed by atoms with Gasteiger partial charge in [-0.25, -0.2) is 0 Å². The molecule has 33 heavy (non-hydrogen) atoms. The molecule has 0 saturated heterocycles. The van der Waals surface area contributed by atoms with E-state index < -0.39 is 0 Å². The van der Waals surface area contributed by atoms with Gasteiger partial charge in [0.05, 0.1) is 6.04 Å². The van der Waals surface area contributed by atoms with Crippen molar-refractivity contribution in [2.45, 2.75) is 39.3 Å². The summed E-state index contributed by atoms with van der Waals surface area (Å²) >= 11 is 0. The highest BCUT2D eigenvalue weighted by atomic mass is 16.5. The summed E-state index contributed by atoms with van der Waals surface area (Å²) in [5.74, 6) is 0.596. The van der Waals surface area contributed by atoms with E-state index in [-0.39, 0.29) is 24.5 Å². The molecule has 1 N–H and O–H groups in total. The number of fused-ring (bicyclic) bond motifs is 1. The van der Waals surface area contributed by atoms with Crippen LogP contribution >= 0.6 is 0 Å². The highest BCUT2D eigenvalue weighted by Crippen LogP contribution is 2.37. The van der Waals surface area contributed by atoms with Crippen molar-refractivity contribution in [3.63, 3.8) is 0 Å². The fraction of sp³-hybridized carbons (Fsp3) is 0.286. The molecule has 3 aromatic rings. The van der Waals surface area contributed by atoms with E-state index in [4.69, 9.17) is 4.74 Å². The smallest absolute Gasteiger partial charge is 0.258 e. The van der Waals surface area contributed by atoms with Crippen LogP contribution in [-0.2, 0) is 22.6 Å². The van der Waals surface area contributed by atoms with Crippen molar-refractivity contribution >= 4 is 11.8 Å². The summed E-state index contributed by atoms with van der Waals surface area (Å²) in [5.41, 5.74) is 5.58. The number of hydrogen-bond donors (Lipinski definition) is 1. The van der Waals surface area contributed by atoms with Gasteiger partial charge in [-0.15, -0.1) is 0 Å². The maximum Gasteiger partial charge on any atom is 0.258 e. The molecule has 0 spiro atoms. The van der Waals surface area contributed by atoms with Gasteiger partial charge in [-0.05, 0) is 47.7 Å². The molecule has 3 aromatic carbocycles. The predicted octanol–water partition coefficient (Wildman–Crippen LogP) is 4.57. The van der Waals surface area contributed by atoms with Crippen molar-refractivity contribution in [1.29, 1.82) is 0 Å². The zero-order valence-electron chi connectivity index (χ0n) is 19.2. The molecule has 170 valence electrons. The lowest BCUT2D eigenvalue weighted by molar-refractivity contribution is -0.133. The molecule has 1 aliphatic heterocycles. The zero-order chi connectivity index (χ0) is 23.2. The van der Waals surface area contributed by atoms with Crippen molar-refractivity contribution in [3.05, 3.63) is 101 Å². The van der Waals surface area contributed by atoms with Crippen LogP contribution in [0.15, 0.2) is 72.8 Å². The molecule has 5 nitrogen and oxygen atoms in total. The summed E-state index contributed by atoms with van der Waals surface area (Å²) in [6, 6.07) is 23.9. The number of carbonyl (C=O) groups is 2. The molecule has 2 amide bonds. The van der Waals surface area contributed by atoms with Gasteiger partial charge in [-0.2, -0.15) is 0 Å². The van der Waals surface area contributed by atoms with Gasteiger partial charge in [0.1, 0.15) is 5.75 Å². The Kier molecular flexibility index (Phi) is 7.08. The number of benzene rings is 3. The van der Waals surface area contributed by atoms with Crippen LogP contribution < -0.4 is 10.1 Å². The normalized spacial score (nSPS) is 15.0. The number of nitrogens with zero attached hydrogens (tertiary/aromatic N) is 1. The topological polar surface area (TPSA) is 58.6 Å². The van der Waals surface area contributed by atoms with Crippen LogP contribution in [0.25, 0.3) is 0 Å². The first-order valence-corrected chi connectivity index (χ1v) is 11.5. The summed E-state index contributed by atoms with van der Waals surface area (Å²) in [6.45, 7) is 5.07. The van der Waals surface area contributed by atoms with E-state index in [1.165, 1.54) is 11.1 Å². The summed E-state index contributed by atoms with van der Waals surface area (Å²) in [7, 11) is 0. The van der Waals surface area contributed by atoms with Gasteiger partial charge >= 0.3 is 0 Å². The third kappa shape index (κ3) is 5.43. The standard InChI is InChI=1S/C28H30N2O3/c1-3-27(32)30-16-15-22-13-14-24(17-25(22)28(30)23-11-9-20(2)10-12-23)33-19-26(31)29-18-21-7-5-4-6-8-21/h4-14,17,28H,3,15-16,18-19H2,1-2H3,(H,29,31)/t28-/m1/s1. The molecule has 0 aliphatic carbocycles. The molecule has 0 unspecified atom stereocenters. The van der Waals surface area contributed by atoms with Gasteiger partial charge in [0, 0.05) is 19.5 Å². The van der Waals surface area contributed by atoms with Crippen molar-refractivity contribution in [2.24, 2.45) is 0 Å². The molecule has 0 aromatic heterocycles. The number of rotatable bonds is 7. The van der Waals surface area contributed by atoms with Gasteiger partial charge in [0.15, 0.2) is 6.61 Å². The van der Waals surface area contributed by atoms with Crippen LogP contribution in [0.3, 0.4) is 0 Å². The fourth-order valence-corrected chi connectivity index (χ4v) is 4.26. The molecular weight excluding hydrogens is 412 g/mol. The van der Waals surface area contributed by atoms with Gasteiger partial charge in [0.25, 0.3) is 5.91 Å². The molecule has 0 fully saturated rings. The van der Waals surface area contributed by atoms with Gasteiger partial charge in [-0.1, -0.05) is 73.2 Å². The fourth-order valence-electron chi connectivity index (χ4n) is 4.26. The largest absolute Gasteiger partial charge is 0.484 e. The highest BCUT2D eigenvalue weighted by Gasteiger charge is 2.31. The Hall–Kier alpha value is -3.60. The molecule has 0 radical (unpaired) electrons. The quantitative estimate of drug-likeness (QED) is 0.583. The number of aryl methyl sites for hydroxylation is 1. The lowest BCUT2D eigenvalue weighted by Gasteiger charge is -2.38. The van der Waals surface area contributed by atoms with E-state index in [1.807, 2.05) is 54.3 Å². The Labute approximate surface area is 195 Å². The maximum absolute atomic E-state index is 12.8. The lowest BCUT2D eigenvalue weighted by Crippen LogP contribution is -2.40. The molecule has 0 saturated carbocycles. The van der Waals surface area contributed by atoms with Crippen LogP contribution in [0, 0.1) is 6.92 Å². The molecule has 4 rings (SSSR count). The van der Waals surface area contributed by atoms with Crippen molar-refractivity contribution in [3.8, 4) is 5.75 Å². The average molecular weight is 443 g/mol. The second-order valence-corrected chi connectivity index (χ2v) is 8.42. The zero-order valence-corrected chi connectivity index (χ0v) is 19.2. The second-order valence-electron chi connectivity index (χ2n) is 8.42. The number of amides is 2. The van der Waals surface area contributed by atoms with E-state index >= 15 is 0 Å². The molecule has 5 heteroatoms. The van der Waals surface area contributed by atoms with Crippen molar-refractivity contribution in [2.75, 3.05) is 13.2 Å². The summed E-state index contributed by atoms with van der Waals surface area (Å²) < 4.78 is 5.83. The van der Waals surface area contributed by atoms with E-state index in [0.29, 0.717) is 25.3 Å². The van der Waals surface area contributed by atoms with Gasteiger partial charge in [-0.3, -0.25) is 9.59 Å². The average Bonchev–Trinajstić information content (AvgIpc) is 2.86. The minimum absolute atomic E-state index is 0.0571. The summed E-state index contributed by atoms with van der Waals surface area (Å²) in [4.78, 5) is 27.0. The number of nitrogens with one attached hydrogen (secondary N) is 1. The van der Waals surface area contributed by atoms with Gasteiger partial charge in [0.2, 0.25) is 5.91 Å². The second kappa shape index (κ2) is 10.3. The van der Waals surface area contributed by atoms with E-state index in [2.05, 4.69) is 42.6 Å². The number of ether oxygens (including phenoxy) is 1. The van der Waals surface area contributed by atoms with Crippen LogP contribution in [0.4, 0.5) is 0 Å². The van der Waals surface area contributed by atoms with Crippen molar-refractivity contribution < 1.29 is 14.3 Å². The maximum atomic E-state index is 12.8. The molecule has 1 aliphatic rings. The first-order chi connectivity index (χ1) is 16.0. The van der Waals surface area contributed by atoms with Crippen LogP contribution in [0.5, 0.6) is 5.75 Å². The Morgan fingerprint density at radius 1 is 1.03 bits per heavy atom. The van der Waals surface area contributed by atoms with E-state index in [9.17, 15) is 9.59 Å². The number of carbonyl (C=O) groups excluding carboxylic acids is 2. The summed E-state index contributed by atoms with van der Waals surface area (Å²) in [6.07, 6.45) is 1.27. The number of hydrogen-bond acceptors (Lipinski definition) is 3. The SMILES string of the molecule is CCC(=O)N1CCc2ccc(OCC(=O)NCc3ccccc3)cc2[C@H]1c1ccc(C)cc1. The first-order valence-electron chi connectivity index (χ1n) is 11.5. The monoisotopic (exact) mass is 442 g/mol. The van der Waals surface area contributed by atoms with Crippen LogP contribution in [0.1, 0.15) is 47.2 Å². The van der Waals surface area contributed by atoms with Crippen LogP contribution in [-0.4, -0.2) is 29.9 Å². The van der Waals surface area contributed by atoms with Gasteiger partial charge < -0.3 is 15.0 Å². The Morgan fingerprint density at radius 3 is 2.52 bits per heavy atom. The third-order valence-corrected chi connectivity index (χ3v) is 6.06. The summed E-state index contributed by atoms with van der Waals surface area (Å²) in [5, 5.41) is 2.88. The molecule has 1 heterocycles. The van der Waals surface area contributed by atoms with E-state index in [1.54, 1.807) is 0 Å². The van der Waals surface area contributed by atoms with E-state index in [0.717, 1.165) is 23.1 Å². The highest BCUT2D eigenvalue weighted by molar-refractivity contribution is 5.78. The molecule has 1 atom stereocenters. The van der Waals surface area contributed by atoms with Crippen molar-refractivity contribution in [1.82, 2.24) is 10.2 Å².